The Labute approximate surface area is 210 Å². The first-order chi connectivity index (χ1) is 17.7. The van der Waals surface area contributed by atoms with Crippen LogP contribution in [0.1, 0.15) is 34.5 Å². The van der Waals surface area contributed by atoms with E-state index < -0.39 is 0 Å². The highest BCUT2D eigenvalue weighted by atomic mass is 16.1. The molecule has 6 heteroatoms. The van der Waals surface area contributed by atoms with Gasteiger partial charge in [0.05, 0.1) is 17.4 Å². The molecular weight excluding hydrogens is 446 g/mol. The lowest BCUT2D eigenvalue weighted by Crippen LogP contribution is -2.17. The second-order valence-corrected chi connectivity index (χ2v) is 9.28. The topological polar surface area (TPSA) is 73.9 Å². The SMILES string of the molecule is O=C(Nc1cccc(Cc2ccccc2)c1)c1n[nH]c2ccc(-c3cncc(N4CCCC4)c3)cc12. The summed E-state index contributed by atoms with van der Waals surface area (Å²) in [6, 6.07) is 26.5. The van der Waals surface area contributed by atoms with E-state index in [1.54, 1.807) is 0 Å². The summed E-state index contributed by atoms with van der Waals surface area (Å²) in [6.07, 6.45) is 7.05. The molecule has 2 aromatic heterocycles. The number of benzene rings is 3. The van der Waals surface area contributed by atoms with Crippen LogP contribution in [0.25, 0.3) is 22.0 Å². The number of fused-ring (bicyclic) bond motifs is 1. The predicted octanol–water partition coefficient (Wildman–Crippen LogP) is 6.07. The number of anilines is 2. The smallest absolute Gasteiger partial charge is 0.276 e. The van der Waals surface area contributed by atoms with E-state index in [9.17, 15) is 4.79 Å². The average molecular weight is 474 g/mol. The molecule has 178 valence electrons. The normalized spacial score (nSPS) is 13.3. The monoisotopic (exact) mass is 473 g/mol. The van der Waals surface area contributed by atoms with E-state index in [1.165, 1.54) is 18.4 Å². The van der Waals surface area contributed by atoms with Crippen LogP contribution in [-0.4, -0.2) is 34.2 Å². The van der Waals surface area contributed by atoms with Gasteiger partial charge in [-0.15, -0.1) is 0 Å². The summed E-state index contributed by atoms with van der Waals surface area (Å²) >= 11 is 0. The third-order valence-corrected chi connectivity index (χ3v) is 6.74. The van der Waals surface area contributed by atoms with Crippen LogP contribution in [0, 0.1) is 0 Å². The lowest BCUT2D eigenvalue weighted by molar-refractivity contribution is 0.102. The molecule has 1 saturated heterocycles. The number of hydrogen-bond acceptors (Lipinski definition) is 4. The second kappa shape index (κ2) is 9.66. The molecule has 0 radical (unpaired) electrons. The first-order valence-corrected chi connectivity index (χ1v) is 12.4. The maximum atomic E-state index is 13.2. The maximum Gasteiger partial charge on any atom is 0.276 e. The fourth-order valence-corrected chi connectivity index (χ4v) is 4.88. The van der Waals surface area contributed by atoms with Crippen molar-refractivity contribution in [2.24, 2.45) is 0 Å². The average Bonchev–Trinajstić information content (AvgIpc) is 3.60. The van der Waals surface area contributed by atoms with Crippen LogP contribution in [0.5, 0.6) is 0 Å². The zero-order valence-corrected chi connectivity index (χ0v) is 19.9. The highest BCUT2D eigenvalue weighted by Crippen LogP contribution is 2.29. The number of pyridine rings is 1. The van der Waals surface area contributed by atoms with Crippen molar-refractivity contribution in [1.82, 2.24) is 15.2 Å². The molecule has 0 atom stereocenters. The van der Waals surface area contributed by atoms with Gasteiger partial charge in [-0.1, -0.05) is 48.5 Å². The molecule has 0 unspecified atom stereocenters. The summed E-state index contributed by atoms with van der Waals surface area (Å²) in [6.45, 7) is 2.14. The van der Waals surface area contributed by atoms with Crippen LogP contribution in [0.2, 0.25) is 0 Å². The Balaban J connectivity index is 1.25. The van der Waals surface area contributed by atoms with Gasteiger partial charge in [0.15, 0.2) is 5.69 Å². The van der Waals surface area contributed by atoms with Crippen molar-refractivity contribution < 1.29 is 4.79 Å². The summed E-state index contributed by atoms with van der Waals surface area (Å²) < 4.78 is 0. The Morgan fingerprint density at radius 1 is 0.861 bits per heavy atom. The van der Waals surface area contributed by atoms with Crippen LogP contribution >= 0.6 is 0 Å². The van der Waals surface area contributed by atoms with Crippen molar-refractivity contribution >= 4 is 28.2 Å². The van der Waals surface area contributed by atoms with E-state index in [-0.39, 0.29) is 5.91 Å². The van der Waals surface area contributed by atoms with Crippen molar-refractivity contribution in [3.8, 4) is 11.1 Å². The molecule has 1 aliphatic rings. The van der Waals surface area contributed by atoms with Crippen LogP contribution in [0.15, 0.2) is 91.3 Å². The first kappa shape index (κ1) is 22.0. The summed E-state index contributed by atoms with van der Waals surface area (Å²) in [5.74, 6) is -0.237. The van der Waals surface area contributed by atoms with E-state index in [0.717, 1.165) is 58.5 Å². The number of aromatic amines is 1. The van der Waals surface area contributed by atoms with Gasteiger partial charge in [-0.2, -0.15) is 5.10 Å². The Hall–Kier alpha value is -4.45. The number of amides is 1. The molecule has 6 rings (SSSR count). The Kier molecular flexibility index (Phi) is 5.91. The Morgan fingerprint density at radius 3 is 2.56 bits per heavy atom. The van der Waals surface area contributed by atoms with Gasteiger partial charge in [0, 0.05) is 35.9 Å². The highest BCUT2D eigenvalue weighted by molar-refractivity contribution is 6.11. The third kappa shape index (κ3) is 4.58. The number of rotatable bonds is 6. The quantitative estimate of drug-likeness (QED) is 0.314. The maximum absolute atomic E-state index is 13.2. The van der Waals surface area contributed by atoms with Gasteiger partial charge in [-0.05, 0) is 66.3 Å². The lowest BCUT2D eigenvalue weighted by Gasteiger charge is -2.17. The van der Waals surface area contributed by atoms with Gasteiger partial charge in [-0.3, -0.25) is 14.9 Å². The zero-order chi connectivity index (χ0) is 24.3. The van der Waals surface area contributed by atoms with E-state index in [0.29, 0.717) is 5.69 Å². The van der Waals surface area contributed by atoms with Crippen LogP contribution < -0.4 is 10.2 Å². The van der Waals surface area contributed by atoms with Crippen LogP contribution in [0.4, 0.5) is 11.4 Å². The summed E-state index contributed by atoms with van der Waals surface area (Å²) in [5.41, 5.74) is 7.51. The van der Waals surface area contributed by atoms with Crippen molar-refractivity contribution in [2.45, 2.75) is 19.3 Å². The van der Waals surface area contributed by atoms with E-state index in [4.69, 9.17) is 0 Å². The minimum Gasteiger partial charge on any atom is -0.370 e. The lowest BCUT2D eigenvalue weighted by atomic mass is 10.0. The Morgan fingerprint density at radius 2 is 1.69 bits per heavy atom. The Bertz CT molecular complexity index is 1520. The molecule has 5 aromatic rings. The zero-order valence-electron chi connectivity index (χ0n) is 19.9. The molecule has 1 fully saturated rings. The molecule has 1 amide bonds. The van der Waals surface area contributed by atoms with Crippen molar-refractivity contribution in [3.63, 3.8) is 0 Å². The third-order valence-electron chi connectivity index (χ3n) is 6.74. The summed E-state index contributed by atoms with van der Waals surface area (Å²) in [7, 11) is 0. The van der Waals surface area contributed by atoms with Gasteiger partial charge < -0.3 is 10.2 Å². The molecule has 0 bridgehead atoms. The molecular formula is C30H27N5O. The molecule has 0 spiro atoms. The van der Waals surface area contributed by atoms with Gasteiger partial charge in [0.1, 0.15) is 0 Å². The molecule has 0 aliphatic carbocycles. The molecule has 2 N–H and O–H groups in total. The van der Waals surface area contributed by atoms with E-state index in [1.807, 2.05) is 67.0 Å². The molecule has 1 aliphatic heterocycles. The minimum absolute atomic E-state index is 0.237. The summed E-state index contributed by atoms with van der Waals surface area (Å²) in [5, 5.41) is 11.2. The number of aromatic nitrogens is 3. The standard InChI is InChI=1S/C30H27N5O/c36-30(32-25-10-6-9-22(16-25)15-21-7-2-1-3-8-21)29-27-18-23(11-12-28(27)33-34-29)24-17-26(20-31-19-24)35-13-4-5-14-35/h1-3,6-12,16-20H,4-5,13-15H2,(H,32,36)(H,33,34). The second-order valence-electron chi connectivity index (χ2n) is 9.28. The molecule has 3 aromatic carbocycles. The largest absolute Gasteiger partial charge is 0.370 e. The number of hydrogen-bond donors (Lipinski definition) is 2. The summed E-state index contributed by atoms with van der Waals surface area (Å²) in [4.78, 5) is 20.1. The highest BCUT2D eigenvalue weighted by Gasteiger charge is 2.17. The van der Waals surface area contributed by atoms with Gasteiger partial charge in [-0.25, -0.2) is 0 Å². The van der Waals surface area contributed by atoms with E-state index in [2.05, 4.69) is 49.7 Å². The molecule has 0 saturated carbocycles. The molecule has 3 heterocycles. The van der Waals surface area contributed by atoms with Crippen molar-refractivity contribution in [3.05, 3.63) is 108 Å². The van der Waals surface area contributed by atoms with Gasteiger partial charge >= 0.3 is 0 Å². The fraction of sp³-hybridized carbons (Fsp3) is 0.167. The van der Waals surface area contributed by atoms with Crippen LogP contribution in [-0.2, 0) is 6.42 Å². The number of nitrogens with zero attached hydrogens (tertiary/aromatic N) is 3. The fourth-order valence-electron chi connectivity index (χ4n) is 4.88. The van der Waals surface area contributed by atoms with Gasteiger partial charge in [0.2, 0.25) is 0 Å². The predicted molar refractivity (Wildman–Crippen MR) is 144 cm³/mol. The molecule has 6 nitrogen and oxygen atoms in total. The first-order valence-electron chi connectivity index (χ1n) is 12.4. The van der Waals surface area contributed by atoms with Crippen molar-refractivity contribution in [2.75, 3.05) is 23.3 Å². The molecule has 36 heavy (non-hydrogen) atoms. The van der Waals surface area contributed by atoms with E-state index >= 15 is 0 Å². The number of H-pyrrole nitrogens is 1. The number of nitrogens with one attached hydrogen (secondary N) is 2. The minimum atomic E-state index is -0.237. The number of carbonyl (C=O) groups excluding carboxylic acids is 1. The number of carbonyl (C=O) groups is 1. The van der Waals surface area contributed by atoms with Gasteiger partial charge in [0.25, 0.3) is 5.91 Å². The van der Waals surface area contributed by atoms with Crippen molar-refractivity contribution in [1.29, 1.82) is 0 Å². The van der Waals surface area contributed by atoms with Crippen LogP contribution in [0.3, 0.4) is 0 Å².